The minimum atomic E-state index is -3.28. The Balaban J connectivity index is 2.09. The highest BCUT2D eigenvalue weighted by Crippen LogP contribution is 2.32. The third kappa shape index (κ3) is 3.14. The van der Waals surface area contributed by atoms with Gasteiger partial charge in [0.1, 0.15) is 0 Å². The van der Waals surface area contributed by atoms with Crippen LogP contribution in [0, 0.1) is 0 Å². The number of fused-ring (bicyclic) bond motifs is 1. The highest BCUT2D eigenvalue weighted by Gasteiger charge is 2.33. The number of hydrogen-bond acceptors (Lipinski definition) is 5. The second-order valence-corrected chi connectivity index (χ2v) is 8.40. The zero-order valence-corrected chi connectivity index (χ0v) is 12.1. The molecule has 1 aromatic carbocycles. The fourth-order valence-corrected chi connectivity index (χ4v) is 4.45. The number of sulfonamides is 1. The quantitative estimate of drug-likeness (QED) is 0.776. The van der Waals surface area contributed by atoms with Gasteiger partial charge in [0.15, 0.2) is 9.84 Å². The largest absolute Gasteiger partial charge is 0.308 e. The highest BCUT2D eigenvalue weighted by molar-refractivity contribution is 7.91. The SMILES string of the molecule is CNS(=O)(=O)CCNC1CS(=O)(=O)c2ccccc21. The zero-order valence-electron chi connectivity index (χ0n) is 10.5. The Morgan fingerprint density at radius 2 is 2.00 bits per heavy atom. The molecule has 0 fully saturated rings. The molecule has 0 aliphatic carbocycles. The van der Waals surface area contributed by atoms with Crippen molar-refractivity contribution in [3.8, 4) is 0 Å². The number of benzene rings is 1. The molecule has 2 N–H and O–H groups in total. The molecule has 2 rings (SSSR count). The van der Waals surface area contributed by atoms with Crippen LogP contribution >= 0.6 is 0 Å². The molecule has 6 nitrogen and oxygen atoms in total. The van der Waals surface area contributed by atoms with Gasteiger partial charge in [-0.25, -0.2) is 21.6 Å². The minimum Gasteiger partial charge on any atom is -0.308 e. The van der Waals surface area contributed by atoms with Crippen LogP contribution in [-0.4, -0.2) is 41.9 Å². The van der Waals surface area contributed by atoms with Gasteiger partial charge in [0.05, 0.1) is 16.4 Å². The van der Waals surface area contributed by atoms with Crippen LogP contribution in [0.3, 0.4) is 0 Å². The minimum absolute atomic E-state index is 0.0219. The standard InChI is InChI=1S/C11H16N2O4S2/c1-12-19(16,17)7-6-13-10-8-18(14,15)11-5-3-2-4-9(10)11/h2-5,10,12-13H,6-8H2,1H3. The predicted octanol–water partition coefficient (Wildman–Crippen LogP) is -0.346. The van der Waals surface area contributed by atoms with Crippen LogP contribution in [0.4, 0.5) is 0 Å². The summed E-state index contributed by atoms with van der Waals surface area (Å²) in [5.74, 6) is -0.103. The van der Waals surface area contributed by atoms with Gasteiger partial charge in [0.25, 0.3) is 0 Å². The first kappa shape index (κ1) is 14.4. The van der Waals surface area contributed by atoms with Crippen molar-refractivity contribution in [2.24, 2.45) is 0 Å². The van der Waals surface area contributed by atoms with Gasteiger partial charge in [-0.05, 0) is 18.7 Å². The van der Waals surface area contributed by atoms with E-state index < -0.39 is 19.9 Å². The molecule has 1 aliphatic rings. The molecule has 0 saturated carbocycles. The van der Waals surface area contributed by atoms with Crippen LogP contribution in [0.5, 0.6) is 0 Å². The first-order valence-corrected chi connectivity index (χ1v) is 9.12. The van der Waals surface area contributed by atoms with E-state index in [0.717, 1.165) is 0 Å². The molecule has 1 unspecified atom stereocenters. The fourth-order valence-electron chi connectivity index (χ4n) is 2.09. The van der Waals surface area contributed by atoms with Gasteiger partial charge in [-0.3, -0.25) is 0 Å². The summed E-state index contributed by atoms with van der Waals surface area (Å²) in [6.07, 6.45) is 0. The average Bonchev–Trinajstić information content (AvgIpc) is 2.62. The van der Waals surface area contributed by atoms with E-state index in [9.17, 15) is 16.8 Å². The van der Waals surface area contributed by atoms with Gasteiger partial charge in [-0.1, -0.05) is 18.2 Å². The van der Waals surface area contributed by atoms with Gasteiger partial charge >= 0.3 is 0 Å². The maximum Gasteiger partial charge on any atom is 0.212 e. The van der Waals surface area contributed by atoms with E-state index in [0.29, 0.717) is 10.5 Å². The van der Waals surface area contributed by atoms with Crippen molar-refractivity contribution >= 4 is 19.9 Å². The topological polar surface area (TPSA) is 92.3 Å². The number of rotatable bonds is 5. The van der Waals surface area contributed by atoms with E-state index in [2.05, 4.69) is 10.0 Å². The summed E-state index contributed by atoms with van der Waals surface area (Å²) < 4.78 is 48.6. The molecule has 0 radical (unpaired) electrons. The first-order valence-electron chi connectivity index (χ1n) is 5.82. The number of hydrogen-bond donors (Lipinski definition) is 2. The van der Waals surface area contributed by atoms with Crippen LogP contribution in [0.1, 0.15) is 11.6 Å². The molecular formula is C11H16N2O4S2. The van der Waals surface area contributed by atoms with Crippen LogP contribution in [-0.2, 0) is 19.9 Å². The Morgan fingerprint density at radius 3 is 2.68 bits per heavy atom. The van der Waals surface area contributed by atoms with Gasteiger partial charge in [-0.2, -0.15) is 0 Å². The highest BCUT2D eigenvalue weighted by atomic mass is 32.2. The van der Waals surface area contributed by atoms with Crippen molar-refractivity contribution in [1.82, 2.24) is 10.0 Å². The van der Waals surface area contributed by atoms with Crippen LogP contribution in [0.25, 0.3) is 0 Å². The lowest BCUT2D eigenvalue weighted by atomic mass is 10.1. The van der Waals surface area contributed by atoms with Crippen molar-refractivity contribution < 1.29 is 16.8 Å². The van der Waals surface area contributed by atoms with E-state index >= 15 is 0 Å². The average molecular weight is 304 g/mol. The summed E-state index contributed by atoms with van der Waals surface area (Å²) in [5.41, 5.74) is 0.712. The summed E-state index contributed by atoms with van der Waals surface area (Å²) >= 11 is 0. The third-order valence-electron chi connectivity index (χ3n) is 3.09. The summed E-state index contributed by atoms with van der Waals surface area (Å²) in [4.78, 5) is 0.337. The molecule has 0 spiro atoms. The van der Waals surface area contributed by atoms with Crippen LogP contribution in [0.2, 0.25) is 0 Å². The van der Waals surface area contributed by atoms with Crippen LogP contribution in [0.15, 0.2) is 29.2 Å². The molecule has 1 heterocycles. The normalized spacial score (nSPS) is 21.2. The van der Waals surface area contributed by atoms with Gasteiger partial charge in [-0.15, -0.1) is 0 Å². The number of sulfone groups is 1. The molecule has 8 heteroatoms. The molecule has 106 valence electrons. The van der Waals surface area contributed by atoms with Crippen molar-refractivity contribution in [2.75, 3.05) is 25.1 Å². The van der Waals surface area contributed by atoms with Crippen LogP contribution < -0.4 is 10.0 Å². The van der Waals surface area contributed by atoms with Gasteiger partial charge < -0.3 is 5.32 Å². The van der Waals surface area contributed by atoms with E-state index in [-0.39, 0.29) is 24.1 Å². The molecular weight excluding hydrogens is 288 g/mol. The molecule has 0 saturated heterocycles. The van der Waals surface area contributed by atoms with E-state index in [4.69, 9.17) is 0 Å². The second kappa shape index (κ2) is 5.20. The number of nitrogens with one attached hydrogen (secondary N) is 2. The zero-order chi connectivity index (χ0) is 14.1. The molecule has 0 bridgehead atoms. The maximum absolute atomic E-state index is 11.9. The summed E-state index contributed by atoms with van der Waals surface area (Å²) in [6.45, 7) is 0.206. The monoisotopic (exact) mass is 304 g/mol. The van der Waals surface area contributed by atoms with E-state index in [1.54, 1.807) is 24.3 Å². The lowest BCUT2D eigenvalue weighted by Crippen LogP contribution is -2.32. The second-order valence-electron chi connectivity index (χ2n) is 4.35. The van der Waals surface area contributed by atoms with Gasteiger partial charge in [0.2, 0.25) is 10.0 Å². The first-order chi connectivity index (χ1) is 8.86. The third-order valence-corrected chi connectivity index (χ3v) is 6.27. The Kier molecular flexibility index (Phi) is 3.95. The summed E-state index contributed by atoms with van der Waals surface area (Å²) in [7, 11) is -5.18. The molecule has 19 heavy (non-hydrogen) atoms. The Hall–Kier alpha value is -0.960. The van der Waals surface area contributed by atoms with Crippen molar-refractivity contribution in [2.45, 2.75) is 10.9 Å². The molecule has 0 aromatic heterocycles. The van der Waals surface area contributed by atoms with E-state index in [1.165, 1.54) is 7.05 Å². The Bertz CT molecular complexity index is 668. The van der Waals surface area contributed by atoms with Crippen molar-refractivity contribution in [3.63, 3.8) is 0 Å². The lowest BCUT2D eigenvalue weighted by Gasteiger charge is -2.12. The molecule has 1 aliphatic heterocycles. The lowest BCUT2D eigenvalue weighted by molar-refractivity contribution is 0.565. The van der Waals surface area contributed by atoms with E-state index in [1.807, 2.05) is 0 Å². The summed E-state index contributed by atoms with van der Waals surface area (Å²) in [6, 6.07) is 6.46. The maximum atomic E-state index is 11.9. The molecule has 0 amide bonds. The Morgan fingerprint density at radius 1 is 1.32 bits per heavy atom. The smallest absolute Gasteiger partial charge is 0.212 e. The van der Waals surface area contributed by atoms with Gasteiger partial charge in [0, 0.05) is 12.6 Å². The summed E-state index contributed by atoms with van der Waals surface area (Å²) in [5, 5.41) is 2.99. The predicted molar refractivity (Wildman–Crippen MR) is 72.1 cm³/mol. The van der Waals surface area contributed by atoms with Crippen molar-refractivity contribution in [3.05, 3.63) is 29.8 Å². The Labute approximate surface area is 113 Å². The molecule has 1 aromatic rings. The fraction of sp³-hybridized carbons (Fsp3) is 0.455. The molecule has 1 atom stereocenters. The van der Waals surface area contributed by atoms with Crippen molar-refractivity contribution in [1.29, 1.82) is 0 Å².